The fourth-order valence-corrected chi connectivity index (χ4v) is 3.07. The Morgan fingerprint density at radius 2 is 1.63 bits per heavy atom. The molecule has 0 aromatic rings. The average Bonchev–Trinajstić information content (AvgIpc) is 2.25. The first-order chi connectivity index (χ1) is 8.68. The molecule has 0 spiro atoms. The van der Waals surface area contributed by atoms with Crippen LogP contribution in [0.4, 0.5) is 0 Å². The van der Waals surface area contributed by atoms with Gasteiger partial charge in [0, 0.05) is 25.4 Å². The predicted octanol–water partition coefficient (Wildman–Crippen LogP) is 2.48. The summed E-state index contributed by atoms with van der Waals surface area (Å²) >= 11 is 0. The van der Waals surface area contributed by atoms with Crippen LogP contribution in [0.15, 0.2) is 0 Å². The molecule has 19 heavy (non-hydrogen) atoms. The summed E-state index contributed by atoms with van der Waals surface area (Å²) < 4.78 is 0. The number of hydrogen-bond donors (Lipinski definition) is 0. The third-order valence-corrected chi connectivity index (χ3v) is 3.88. The van der Waals surface area contributed by atoms with E-state index in [1.165, 1.54) is 0 Å². The molecule has 1 rings (SSSR count). The minimum absolute atomic E-state index is 0.0207. The van der Waals surface area contributed by atoms with Crippen molar-refractivity contribution >= 4 is 11.8 Å². The van der Waals surface area contributed by atoms with Crippen LogP contribution in [-0.4, -0.2) is 39.9 Å². The Morgan fingerprint density at radius 3 is 1.95 bits per heavy atom. The molecule has 0 aliphatic carbocycles. The summed E-state index contributed by atoms with van der Waals surface area (Å²) in [4.78, 5) is 28.3. The van der Waals surface area contributed by atoms with Gasteiger partial charge in [0.2, 0.25) is 11.8 Å². The lowest BCUT2D eigenvalue weighted by Crippen LogP contribution is -2.66. The van der Waals surface area contributed by atoms with Gasteiger partial charge in [0.15, 0.2) is 0 Å². The minimum atomic E-state index is -0.119. The minimum Gasteiger partial charge on any atom is -0.319 e. The molecule has 0 aromatic heterocycles. The zero-order valence-electron chi connectivity index (χ0n) is 13.3. The lowest BCUT2D eigenvalue weighted by molar-refractivity contribution is -0.167. The van der Waals surface area contributed by atoms with Crippen molar-refractivity contribution in [3.8, 4) is 0 Å². The summed E-state index contributed by atoms with van der Waals surface area (Å²) in [6.45, 7) is 14.0. The van der Waals surface area contributed by atoms with E-state index in [0.29, 0.717) is 12.3 Å². The van der Waals surface area contributed by atoms with Crippen molar-refractivity contribution < 1.29 is 9.59 Å². The van der Waals surface area contributed by atoms with Crippen molar-refractivity contribution in [1.82, 2.24) is 9.80 Å². The van der Waals surface area contributed by atoms with E-state index in [4.69, 9.17) is 0 Å². The first-order valence-corrected chi connectivity index (χ1v) is 7.28. The highest BCUT2D eigenvalue weighted by Gasteiger charge is 2.44. The van der Waals surface area contributed by atoms with Crippen LogP contribution in [0, 0.1) is 11.8 Å². The zero-order valence-corrected chi connectivity index (χ0v) is 13.3. The molecule has 0 bridgehead atoms. The third kappa shape index (κ3) is 3.10. The molecule has 0 aromatic carbocycles. The van der Waals surface area contributed by atoms with E-state index in [-0.39, 0.29) is 36.0 Å². The average molecular weight is 268 g/mol. The predicted molar refractivity (Wildman–Crippen MR) is 76.4 cm³/mol. The summed E-state index contributed by atoms with van der Waals surface area (Å²) in [5.74, 6) is 0.765. The van der Waals surface area contributed by atoms with Crippen LogP contribution in [0.5, 0.6) is 0 Å². The van der Waals surface area contributed by atoms with Gasteiger partial charge >= 0.3 is 0 Å². The van der Waals surface area contributed by atoms with Crippen molar-refractivity contribution in [3.05, 3.63) is 0 Å². The third-order valence-electron chi connectivity index (χ3n) is 3.88. The second-order valence-electron chi connectivity index (χ2n) is 6.49. The fraction of sp³-hybridized carbons (Fsp3) is 0.867. The van der Waals surface area contributed by atoms with Crippen LogP contribution in [-0.2, 0) is 9.59 Å². The Labute approximate surface area is 117 Å². The van der Waals surface area contributed by atoms with Gasteiger partial charge in [0.05, 0.1) is 0 Å². The van der Waals surface area contributed by atoms with E-state index in [2.05, 4.69) is 27.7 Å². The van der Waals surface area contributed by atoms with Crippen molar-refractivity contribution in [2.75, 3.05) is 0 Å². The molecule has 4 heteroatoms. The molecule has 1 saturated heterocycles. The second-order valence-corrected chi connectivity index (χ2v) is 6.49. The highest BCUT2D eigenvalue weighted by atomic mass is 16.2. The van der Waals surface area contributed by atoms with E-state index in [1.54, 1.807) is 6.92 Å². The lowest BCUT2D eigenvalue weighted by atomic mass is 9.91. The fourth-order valence-electron chi connectivity index (χ4n) is 3.07. The standard InChI is InChI=1S/C15H28N2O2/c1-9(2)13-8-14(19)16(11(5)6)15(10(3)4)17(13)12(7)18/h9-11,13,15H,8H2,1-7H3. The molecular weight excluding hydrogens is 240 g/mol. The number of amides is 2. The van der Waals surface area contributed by atoms with Crippen molar-refractivity contribution in [2.24, 2.45) is 11.8 Å². The number of carbonyl (C=O) groups is 2. The molecule has 1 fully saturated rings. The highest BCUT2D eigenvalue weighted by Crippen LogP contribution is 2.31. The summed E-state index contributed by atoms with van der Waals surface area (Å²) in [5, 5.41) is 0. The van der Waals surface area contributed by atoms with Crippen molar-refractivity contribution in [2.45, 2.75) is 73.1 Å². The van der Waals surface area contributed by atoms with Gasteiger partial charge in [-0.1, -0.05) is 27.7 Å². The summed E-state index contributed by atoms with van der Waals surface area (Å²) in [6, 6.07) is 0.141. The second kappa shape index (κ2) is 5.93. The highest BCUT2D eigenvalue weighted by molar-refractivity contribution is 5.82. The Balaban J connectivity index is 3.23. The Hall–Kier alpha value is -1.06. The number of nitrogens with zero attached hydrogens (tertiary/aromatic N) is 2. The van der Waals surface area contributed by atoms with Gasteiger partial charge in [-0.2, -0.15) is 0 Å². The smallest absolute Gasteiger partial charge is 0.226 e. The van der Waals surface area contributed by atoms with E-state index >= 15 is 0 Å². The molecular formula is C15H28N2O2. The molecule has 0 saturated carbocycles. The van der Waals surface area contributed by atoms with Gasteiger partial charge in [0.1, 0.15) is 6.17 Å². The Kier molecular flexibility index (Phi) is 4.99. The van der Waals surface area contributed by atoms with Gasteiger partial charge in [-0.3, -0.25) is 9.59 Å². The maximum absolute atomic E-state index is 12.4. The monoisotopic (exact) mass is 268 g/mol. The molecule has 1 aliphatic heterocycles. The SMILES string of the molecule is CC(=O)N1C(C(C)C)CC(=O)N(C(C)C)C1C(C)C. The largest absolute Gasteiger partial charge is 0.319 e. The summed E-state index contributed by atoms with van der Waals surface area (Å²) in [6.07, 6.45) is 0.324. The van der Waals surface area contributed by atoms with Crippen LogP contribution >= 0.6 is 0 Å². The summed E-state index contributed by atoms with van der Waals surface area (Å²) in [7, 11) is 0. The van der Waals surface area contributed by atoms with E-state index in [9.17, 15) is 9.59 Å². The molecule has 1 heterocycles. The van der Waals surface area contributed by atoms with Crippen molar-refractivity contribution in [1.29, 1.82) is 0 Å². The van der Waals surface area contributed by atoms with Gasteiger partial charge < -0.3 is 9.80 Å². The van der Waals surface area contributed by atoms with Gasteiger partial charge in [-0.05, 0) is 25.7 Å². The maximum atomic E-state index is 12.4. The van der Waals surface area contributed by atoms with E-state index in [1.807, 2.05) is 23.6 Å². The Morgan fingerprint density at radius 1 is 1.11 bits per heavy atom. The molecule has 2 unspecified atom stereocenters. The maximum Gasteiger partial charge on any atom is 0.226 e. The molecule has 0 radical (unpaired) electrons. The van der Waals surface area contributed by atoms with Crippen LogP contribution in [0.3, 0.4) is 0 Å². The molecule has 110 valence electrons. The first-order valence-electron chi connectivity index (χ1n) is 7.28. The van der Waals surface area contributed by atoms with E-state index in [0.717, 1.165) is 0 Å². The molecule has 0 N–H and O–H groups in total. The summed E-state index contributed by atoms with van der Waals surface area (Å²) in [5.41, 5.74) is 0. The van der Waals surface area contributed by atoms with Gasteiger partial charge in [-0.15, -0.1) is 0 Å². The molecule has 2 atom stereocenters. The van der Waals surface area contributed by atoms with Crippen LogP contribution < -0.4 is 0 Å². The van der Waals surface area contributed by atoms with Gasteiger partial charge in [-0.25, -0.2) is 0 Å². The van der Waals surface area contributed by atoms with Crippen LogP contribution in [0.2, 0.25) is 0 Å². The lowest BCUT2D eigenvalue weighted by Gasteiger charge is -2.52. The normalized spacial score (nSPS) is 24.8. The Bertz CT molecular complexity index is 350. The van der Waals surface area contributed by atoms with Crippen LogP contribution in [0.1, 0.15) is 54.9 Å². The molecule has 4 nitrogen and oxygen atoms in total. The molecule has 1 aliphatic rings. The topological polar surface area (TPSA) is 40.6 Å². The van der Waals surface area contributed by atoms with E-state index < -0.39 is 0 Å². The zero-order chi connectivity index (χ0) is 14.9. The van der Waals surface area contributed by atoms with Crippen molar-refractivity contribution in [3.63, 3.8) is 0 Å². The quantitative estimate of drug-likeness (QED) is 0.789. The number of rotatable bonds is 3. The molecule has 2 amide bonds. The van der Waals surface area contributed by atoms with Gasteiger partial charge in [0.25, 0.3) is 0 Å². The van der Waals surface area contributed by atoms with Crippen LogP contribution in [0.25, 0.3) is 0 Å². The number of hydrogen-bond acceptors (Lipinski definition) is 2. The first kappa shape index (κ1) is 16.0. The number of carbonyl (C=O) groups excluding carboxylic acids is 2.